The maximum Gasteiger partial charge on any atom is 0.303 e. The summed E-state index contributed by atoms with van der Waals surface area (Å²) < 4.78 is 5.16. The van der Waals surface area contributed by atoms with Gasteiger partial charge in [-0.05, 0) is 48.8 Å². The van der Waals surface area contributed by atoms with Crippen molar-refractivity contribution in [1.82, 2.24) is 4.90 Å². The molecule has 1 aromatic rings. The Morgan fingerprint density at radius 3 is 2.67 bits per heavy atom. The number of carboxylic acid groups (broad SMARTS) is 1. The van der Waals surface area contributed by atoms with E-state index in [0.29, 0.717) is 25.3 Å². The lowest BCUT2D eigenvalue weighted by Crippen LogP contribution is -2.40. The first-order valence-electron chi connectivity index (χ1n) is 8.63. The first-order chi connectivity index (χ1) is 11.5. The predicted molar refractivity (Wildman–Crippen MR) is 92.2 cm³/mol. The van der Waals surface area contributed by atoms with E-state index in [4.69, 9.17) is 9.84 Å². The lowest BCUT2D eigenvalue weighted by molar-refractivity contribution is -0.137. The molecule has 5 heteroatoms. The Morgan fingerprint density at radius 1 is 1.33 bits per heavy atom. The first kappa shape index (κ1) is 18.3. The highest BCUT2D eigenvalue weighted by molar-refractivity contribution is 5.77. The minimum absolute atomic E-state index is 0.155. The zero-order valence-electron chi connectivity index (χ0n) is 14.5. The number of rotatable bonds is 7. The van der Waals surface area contributed by atoms with E-state index in [9.17, 15) is 9.59 Å². The van der Waals surface area contributed by atoms with Crippen molar-refractivity contribution in [2.45, 2.75) is 44.9 Å². The Labute approximate surface area is 143 Å². The number of aliphatic carboxylic acids is 1. The minimum atomic E-state index is -0.758. The second-order valence-electron chi connectivity index (χ2n) is 6.66. The fraction of sp³-hybridized carbons (Fsp3) is 0.579. The number of likely N-dealkylation sites (tertiary alicyclic amines) is 1. The molecule has 0 radical (unpaired) electrons. The molecule has 0 unspecified atom stereocenters. The van der Waals surface area contributed by atoms with E-state index in [1.165, 1.54) is 0 Å². The molecule has 1 fully saturated rings. The van der Waals surface area contributed by atoms with Gasteiger partial charge in [-0.3, -0.25) is 9.59 Å². The van der Waals surface area contributed by atoms with Crippen molar-refractivity contribution in [3.05, 3.63) is 29.8 Å². The number of carbonyl (C=O) groups is 2. The van der Waals surface area contributed by atoms with Crippen molar-refractivity contribution in [1.29, 1.82) is 0 Å². The third kappa shape index (κ3) is 5.25. The van der Waals surface area contributed by atoms with Crippen LogP contribution in [-0.2, 0) is 9.59 Å². The van der Waals surface area contributed by atoms with Crippen LogP contribution in [0, 0.1) is 5.92 Å². The summed E-state index contributed by atoms with van der Waals surface area (Å²) in [6.07, 6.45) is 3.32. The van der Waals surface area contributed by atoms with E-state index in [1.54, 1.807) is 7.11 Å². The first-order valence-corrected chi connectivity index (χ1v) is 8.63. The normalized spacial score (nSPS) is 18.9. The molecule has 1 aliphatic heterocycles. The van der Waals surface area contributed by atoms with Crippen LogP contribution in [0.25, 0.3) is 0 Å². The van der Waals surface area contributed by atoms with E-state index in [2.05, 4.69) is 6.92 Å². The summed E-state index contributed by atoms with van der Waals surface area (Å²) >= 11 is 0. The predicted octanol–water partition coefficient (Wildman–Crippen LogP) is 3.29. The molecule has 24 heavy (non-hydrogen) atoms. The van der Waals surface area contributed by atoms with E-state index in [-0.39, 0.29) is 18.2 Å². The molecule has 1 amide bonds. The molecule has 1 heterocycles. The number of ether oxygens (including phenoxy) is 1. The summed E-state index contributed by atoms with van der Waals surface area (Å²) in [5, 5.41) is 8.81. The molecule has 2 rings (SSSR count). The summed E-state index contributed by atoms with van der Waals surface area (Å²) in [6, 6.07) is 7.84. The van der Waals surface area contributed by atoms with Crippen LogP contribution in [0.4, 0.5) is 0 Å². The highest BCUT2D eigenvalue weighted by Crippen LogP contribution is 2.25. The average Bonchev–Trinajstić information content (AvgIpc) is 2.60. The van der Waals surface area contributed by atoms with Gasteiger partial charge in [0.2, 0.25) is 5.91 Å². The van der Waals surface area contributed by atoms with E-state index in [0.717, 1.165) is 30.7 Å². The average molecular weight is 333 g/mol. The minimum Gasteiger partial charge on any atom is -0.497 e. The van der Waals surface area contributed by atoms with Gasteiger partial charge in [-0.2, -0.15) is 0 Å². The summed E-state index contributed by atoms with van der Waals surface area (Å²) in [5.41, 5.74) is 1.13. The van der Waals surface area contributed by atoms with Crippen molar-refractivity contribution in [2.24, 2.45) is 5.92 Å². The second-order valence-corrected chi connectivity index (χ2v) is 6.66. The highest BCUT2D eigenvalue weighted by atomic mass is 16.5. The van der Waals surface area contributed by atoms with Crippen LogP contribution in [0.3, 0.4) is 0 Å². The van der Waals surface area contributed by atoms with Crippen LogP contribution >= 0.6 is 0 Å². The van der Waals surface area contributed by atoms with Gasteiger partial charge in [-0.25, -0.2) is 0 Å². The summed E-state index contributed by atoms with van der Waals surface area (Å²) in [4.78, 5) is 25.2. The third-order valence-electron chi connectivity index (χ3n) is 4.80. The zero-order valence-corrected chi connectivity index (χ0v) is 14.5. The maximum atomic E-state index is 12.6. The molecule has 132 valence electrons. The molecular formula is C19H27NO4. The van der Waals surface area contributed by atoms with Crippen LogP contribution < -0.4 is 4.74 Å². The van der Waals surface area contributed by atoms with Gasteiger partial charge in [0.1, 0.15) is 5.75 Å². The largest absolute Gasteiger partial charge is 0.497 e. The van der Waals surface area contributed by atoms with Gasteiger partial charge in [0.05, 0.1) is 7.11 Å². The van der Waals surface area contributed by atoms with Crippen LogP contribution in [0.2, 0.25) is 0 Å². The molecule has 1 aliphatic rings. The van der Waals surface area contributed by atoms with Gasteiger partial charge in [0.25, 0.3) is 0 Å². The molecule has 0 spiro atoms. The number of amides is 1. The molecule has 0 bridgehead atoms. The molecule has 0 saturated carbocycles. The Hall–Kier alpha value is -2.04. The molecule has 5 nitrogen and oxygen atoms in total. The number of carboxylic acids is 1. The molecule has 1 aromatic carbocycles. The molecule has 1 saturated heterocycles. The number of piperidine rings is 1. The number of carbonyl (C=O) groups excluding carboxylic acids is 1. The number of hydrogen-bond acceptors (Lipinski definition) is 3. The third-order valence-corrected chi connectivity index (χ3v) is 4.80. The van der Waals surface area contributed by atoms with Crippen LogP contribution in [-0.4, -0.2) is 42.1 Å². The summed E-state index contributed by atoms with van der Waals surface area (Å²) in [7, 11) is 1.64. The van der Waals surface area contributed by atoms with Crippen molar-refractivity contribution in [2.75, 3.05) is 20.2 Å². The van der Waals surface area contributed by atoms with Gasteiger partial charge in [0, 0.05) is 25.9 Å². The lowest BCUT2D eigenvalue weighted by Gasteiger charge is -2.33. The molecular weight excluding hydrogens is 306 g/mol. The number of benzene rings is 1. The quantitative estimate of drug-likeness (QED) is 0.831. The Bertz CT molecular complexity index is 555. The monoisotopic (exact) mass is 333 g/mol. The fourth-order valence-corrected chi connectivity index (χ4v) is 3.30. The van der Waals surface area contributed by atoms with Crippen LogP contribution in [0.15, 0.2) is 24.3 Å². The SMILES string of the molecule is COc1ccc([C@H](C)CC(=O)N2CCC[C@@H](CCC(=O)O)C2)cc1. The highest BCUT2D eigenvalue weighted by Gasteiger charge is 2.25. The van der Waals surface area contributed by atoms with Crippen molar-refractivity contribution >= 4 is 11.9 Å². The summed E-state index contributed by atoms with van der Waals surface area (Å²) in [5.74, 6) is 0.692. The molecule has 0 aliphatic carbocycles. The smallest absolute Gasteiger partial charge is 0.303 e. The van der Waals surface area contributed by atoms with E-state index in [1.807, 2.05) is 29.2 Å². The van der Waals surface area contributed by atoms with Gasteiger partial charge in [0.15, 0.2) is 0 Å². The molecule has 1 N–H and O–H groups in total. The zero-order chi connectivity index (χ0) is 17.5. The van der Waals surface area contributed by atoms with Gasteiger partial charge in [-0.15, -0.1) is 0 Å². The van der Waals surface area contributed by atoms with Crippen molar-refractivity contribution < 1.29 is 19.4 Å². The van der Waals surface area contributed by atoms with Crippen LogP contribution in [0.5, 0.6) is 5.75 Å². The lowest BCUT2D eigenvalue weighted by atomic mass is 9.92. The molecule has 2 atom stereocenters. The van der Waals surface area contributed by atoms with Crippen LogP contribution in [0.1, 0.15) is 50.5 Å². The number of methoxy groups -OCH3 is 1. The number of nitrogens with zero attached hydrogens (tertiary/aromatic N) is 1. The standard InChI is InChI=1S/C19H27NO4/c1-14(16-6-8-17(24-2)9-7-16)12-18(21)20-11-3-4-15(13-20)5-10-19(22)23/h6-9,14-15H,3-5,10-13H2,1-2H3,(H,22,23)/t14-,15+/m1/s1. The van der Waals surface area contributed by atoms with E-state index >= 15 is 0 Å². The van der Waals surface area contributed by atoms with Gasteiger partial charge >= 0.3 is 5.97 Å². The number of hydrogen-bond donors (Lipinski definition) is 1. The van der Waals surface area contributed by atoms with Gasteiger partial charge < -0.3 is 14.7 Å². The second kappa shape index (κ2) is 8.71. The molecule has 0 aromatic heterocycles. The van der Waals surface area contributed by atoms with Crippen molar-refractivity contribution in [3.8, 4) is 5.75 Å². The maximum absolute atomic E-state index is 12.6. The Morgan fingerprint density at radius 2 is 2.04 bits per heavy atom. The Kier molecular flexibility index (Phi) is 6.64. The summed E-state index contributed by atoms with van der Waals surface area (Å²) in [6.45, 7) is 3.55. The van der Waals surface area contributed by atoms with Crippen molar-refractivity contribution in [3.63, 3.8) is 0 Å². The fourth-order valence-electron chi connectivity index (χ4n) is 3.30. The van der Waals surface area contributed by atoms with E-state index < -0.39 is 5.97 Å². The van der Waals surface area contributed by atoms with Gasteiger partial charge in [-0.1, -0.05) is 19.1 Å². The Balaban J connectivity index is 1.87. The topological polar surface area (TPSA) is 66.8 Å².